The van der Waals surface area contributed by atoms with Gasteiger partial charge in [-0.25, -0.2) is 0 Å². The van der Waals surface area contributed by atoms with Crippen LogP contribution in [0.2, 0.25) is 0 Å². The van der Waals surface area contributed by atoms with Crippen LogP contribution in [0.4, 0.5) is 0 Å². The molecule has 0 heterocycles. The van der Waals surface area contributed by atoms with Crippen molar-refractivity contribution in [1.82, 2.24) is 0 Å². The van der Waals surface area contributed by atoms with Crippen LogP contribution in [0.3, 0.4) is 0 Å². The van der Waals surface area contributed by atoms with Gasteiger partial charge in [-0.1, -0.05) is 18.0 Å². The van der Waals surface area contributed by atoms with Gasteiger partial charge in [-0.15, -0.1) is 5.76 Å². The smallest absolute Gasteiger partial charge is 0.875 e. The molecule has 1 nitrogen and oxygen atoms in total. The molecule has 0 unspecified atom stereocenters. The van der Waals surface area contributed by atoms with Gasteiger partial charge < -0.3 is 5.11 Å². The fraction of sp³-hybridized carbons (Fsp3) is 0.667. The molecule has 0 aromatic heterocycles. The van der Waals surface area contributed by atoms with Crippen molar-refractivity contribution < 1.29 is 24.0 Å². The summed E-state index contributed by atoms with van der Waals surface area (Å²) in [5.74, 6) is 0.151. The van der Waals surface area contributed by atoms with Crippen molar-refractivity contribution in [2.45, 2.75) is 25.7 Å². The molecule has 0 amide bonds. The van der Waals surface area contributed by atoms with Gasteiger partial charge in [0.05, 0.1) is 0 Å². The molecule has 0 N–H and O–H groups in total. The Bertz CT molecular complexity index is 108. The summed E-state index contributed by atoms with van der Waals surface area (Å²) in [6.45, 7) is 0. The summed E-state index contributed by atoms with van der Waals surface area (Å²) in [5.41, 5.74) is 0. The Morgan fingerprint density at radius 1 is 1.22 bits per heavy atom. The Morgan fingerprint density at radius 3 is 2.11 bits per heavy atom. The summed E-state index contributed by atoms with van der Waals surface area (Å²) in [5, 5.41) is 11.2. The maximum atomic E-state index is 10.6. The van der Waals surface area contributed by atoms with Gasteiger partial charge in [0.2, 0.25) is 0 Å². The summed E-state index contributed by atoms with van der Waals surface area (Å²) >= 11 is 5.53. The quantitative estimate of drug-likeness (QED) is 0.369. The molecule has 1 aliphatic carbocycles. The number of hydrogen-bond acceptors (Lipinski definition) is 1. The summed E-state index contributed by atoms with van der Waals surface area (Å²) < 4.78 is 0. The van der Waals surface area contributed by atoms with Crippen LogP contribution in [-0.2, 0) is 0 Å². The van der Waals surface area contributed by atoms with E-state index >= 15 is 0 Å². The molecule has 0 saturated heterocycles. The monoisotopic (exact) mass is 138 g/mol. The third-order valence-electron chi connectivity index (χ3n) is 1.35. The maximum Gasteiger partial charge on any atom is 1.00 e. The number of halogens is 1. The van der Waals surface area contributed by atoms with E-state index in [1.807, 2.05) is 0 Å². The first-order valence-electron chi connectivity index (χ1n) is 2.85. The first-order valence-corrected chi connectivity index (χ1v) is 3.23. The minimum absolute atomic E-state index is 0. The molecular weight excluding hydrogens is 130 g/mol. The van der Waals surface area contributed by atoms with E-state index in [0.29, 0.717) is 11.5 Å². The molecule has 1 aliphatic rings. The van der Waals surface area contributed by atoms with E-state index < -0.39 is 0 Å². The topological polar surface area (TPSA) is 23.1 Å². The van der Waals surface area contributed by atoms with Crippen molar-refractivity contribution in [2.75, 3.05) is 0 Å². The number of rotatable bonds is 0. The predicted octanol–water partition coefficient (Wildman–Crippen LogP) is -1.62. The van der Waals surface area contributed by atoms with Crippen LogP contribution in [-0.4, -0.2) is 0 Å². The second-order valence-electron chi connectivity index (χ2n) is 2.04. The minimum atomic E-state index is 0. The Balaban J connectivity index is 0.000000640. The molecule has 1 rings (SSSR count). The normalized spacial score (nSPS) is 19.2. The van der Waals surface area contributed by atoms with Gasteiger partial charge in [0.25, 0.3) is 0 Å². The molecule has 0 atom stereocenters. The summed E-state index contributed by atoms with van der Waals surface area (Å²) in [4.78, 5) is 0. The second-order valence-corrected chi connectivity index (χ2v) is 2.49. The van der Waals surface area contributed by atoms with E-state index in [4.69, 9.17) is 11.6 Å². The van der Waals surface area contributed by atoms with E-state index in [1.165, 1.54) is 0 Å². The van der Waals surface area contributed by atoms with Gasteiger partial charge in [0.15, 0.2) is 0 Å². The van der Waals surface area contributed by atoms with Crippen molar-refractivity contribution in [3.63, 3.8) is 0 Å². The SMILES string of the molecule is [Li+].[O-]C1=C(Cl)CCCC1. The maximum absolute atomic E-state index is 10.6. The van der Waals surface area contributed by atoms with Crippen molar-refractivity contribution in [1.29, 1.82) is 0 Å². The largest absolute Gasteiger partial charge is 1.00 e. The number of allylic oxidation sites excluding steroid dienone is 2. The molecule has 0 saturated carbocycles. The van der Waals surface area contributed by atoms with Crippen LogP contribution < -0.4 is 24.0 Å². The summed E-state index contributed by atoms with van der Waals surface area (Å²) in [6, 6.07) is 0. The zero-order chi connectivity index (χ0) is 5.98. The molecule has 0 aliphatic heterocycles. The molecule has 3 heteroatoms. The van der Waals surface area contributed by atoms with Crippen molar-refractivity contribution in [3.8, 4) is 0 Å². The molecule has 46 valence electrons. The van der Waals surface area contributed by atoms with E-state index in [1.54, 1.807) is 0 Å². The molecule has 0 aromatic rings. The summed E-state index contributed by atoms with van der Waals surface area (Å²) in [6.07, 6.45) is 3.58. The average molecular weight is 139 g/mol. The van der Waals surface area contributed by atoms with E-state index in [9.17, 15) is 5.11 Å². The fourth-order valence-electron chi connectivity index (χ4n) is 0.841. The Labute approximate surface area is 72.3 Å². The molecular formula is C6H8ClLiO. The van der Waals surface area contributed by atoms with Gasteiger partial charge >= 0.3 is 18.9 Å². The van der Waals surface area contributed by atoms with Crippen LogP contribution in [0, 0.1) is 0 Å². The van der Waals surface area contributed by atoms with E-state index in [0.717, 1.165) is 19.3 Å². The predicted molar refractivity (Wildman–Crippen MR) is 31.3 cm³/mol. The van der Waals surface area contributed by atoms with Crippen molar-refractivity contribution in [3.05, 3.63) is 10.8 Å². The van der Waals surface area contributed by atoms with Gasteiger partial charge in [-0.05, 0) is 19.3 Å². The first kappa shape index (κ1) is 9.43. The zero-order valence-electron chi connectivity index (χ0n) is 5.61. The average Bonchev–Trinajstić information content (AvgIpc) is 1.77. The molecule has 0 aromatic carbocycles. The molecule has 9 heavy (non-hydrogen) atoms. The molecule has 0 fully saturated rings. The Morgan fingerprint density at radius 2 is 1.78 bits per heavy atom. The number of hydrogen-bond donors (Lipinski definition) is 0. The van der Waals surface area contributed by atoms with E-state index in [-0.39, 0.29) is 24.6 Å². The standard InChI is InChI=1S/C6H9ClO.Li/c7-5-3-1-2-4-6(5)8;/h8H,1-4H2;/q;+1/p-1. The molecule has 0 bridgehead atoms. The van der Waals surface area contributed by atoms with Crippen molar-refractivity contribution >= 4 is 11.6 Å². The Hall–Kier alpha value is 0.427. The van der Waals surface area contributed by atoms with Gasteiger partial charge in [0.1, 0.15) is 0 Å². The van der Waals surface area contributed by atoms with Crippen molar-refractivity contribution in [2.24, 2.45) is 0 Å². The van der Waals surface area contributed by atoms with E-state index in [2.05, 4.69) is 0 Å². The van der Waals surface area contributed by atoms with Gasteiger partial charge in [0, 0.05) is 5.03 Å². The van der Waals surface area contributed by atoms with Crippen LogP contribution in [0.25, 0.3) is 0 Å². The van der Waals surface area contributed by atoms with Crippen LogP contribution in [0.15, 0.2) is 10.8 Å². The fourth-order valence-corrected chi connectivity index (χ4v) is 1.07. The second kappa shape index (κ2) is 4.28. The third-order valence-corrected chi connectivity index (χ3v) is 1.75. The third kappa shape index (κ3) is 2.67. The summed E-state index contributed by atoms with van der Waals surface area (Å²) in [7, 11) is 0. The molecule has 0 radical (unpaired) electrons. The zero-order valence-corrected chi connectivity index (χ0v) is 6.37. The first-order chi connectivity index (χ1) is 3.80. The van der Waals surface area contributed by atoms with Crippen LogP contribution >= 0.6 is 11.6 Å². The Kier molecular flexibility index (Phi) is 4.48. The van der Waals surface area contributed by atoms with Crippen LogP contribution in [0.1, 0.15) is 25.7 Å². The van der Waals surface area contributed by atoms with Gasteiger partial charge in [-0.2, -0.15) is 0 Å². The van der Waals surface area contributed by atoms with Gasteiger partial charge in [-0.3, -0.25) is 0 Å². The van der Waals surface area contributed by atoms with Crippen LogP contribution in [0.5, 0.6) is 0 Å². The minimum Gasteiger partial charge on any atom is -0.875 e. The molecule has 0 spiro atoms.